The number of aryl methyl sites for hydroxylation is 2. The van der Waals surface area contributed by atoms with E-state index in [0.717, 1.165) is 27.7 Å². The third-order valence-electron chi connectivity index (χ3n) is 2.98. The minimum absolute atomic E-state index is 0.122. The van der Waals surface area contributed by atoms with E-state index in [0.29, 0.717) is 6.42 Å². The first-order chi connectivity index (χ1) is 8.86. The van der Waals surface area contributed by atoms with Crippen LogP contribution >= 0.6 is 28.1 Å². The van der Waals surface area contributed by atoms with E-state index >= 15 is 0 Å². The van der Waals surface area contributed by atoms with Crippen LogP contribution in [0, 0.1) is 19.8 Å². The fourth-order valence-corrected chi connectivity index (χ4v) is 2.92. The maximum Gasteiger partial charge on any atom is 0.234 e. The minimum Gasteiger partial charge on any atom is -0.393 e. The van der Waals surface area contributed by atoms with Crippen molar-refractivity contribution < 1.29 is 4.79 Å². The van der Waals surface area contributed by atoms with Gasteiger partial charge in [0, 0.05) is 10.2 Å². The topological polar surface area (TPSA) is 55.1 Å². The first-order valence-corrected chi connectivity index (χ1v) is 7.43. The average Bonchev–Trinajstić information content (AvgIpc) is 2.29. The van der Waals surface area contributed by atoms with E-state index in [1.807, 2.05) is 32.9 Å². The Hall–Kier alpha value is -0.940. The third-order valence-corrected chi connectivity index (χ3v) is 3.73. The van der Waals surface area contributed by atoms with Crippen LogP contribution < -0.4 is 11.1 Å². The van der Waals surface area contributed by atoms with Crippen molar-refractivity contribution in [3.63, 3.8) is 0 Å². The monoisotopic (exact) mass is 342 g/mol. The molecule has 5 heteroatoms. The summed E-state index contributed by atoms with van der Waals surface area (Å²) in [7, 11) is 0. The first kappa shape index (κ1) is 16.1. The molecule has 0 heterocycles. The lowest BCUT2D eigenvalue weighted by molar-refractivity contribution is -0.118. The van der Waals surface area contributed by atoms with Gasteiger partial charge in [-0.25, -0.2) is 0 Å². The predicted molar refractivity (Wildman–Crippen MR) is 87.4 cm³/mol. The van der Waals surface area contributed by atoms with Gasteiger partial charge in [0.2, 0.25) is 5.91 Å². The number of rotatable bonds is 5. The molecule has 0 saturated carbocycles. The van der Waals surface area contributed by atoms with Crippen LogP contribution in [-0.2, 0) is 4.79 Å². The Labute approximate surface area is 128 Å². The zero-order valence-electron chi connectivity index (χ0n) is 11.4. The molecule has 3 N–H and O–H groups in total. The smallest absolute Gasteiger partial charge is 0.234 e. The van der Waals surface area contributed by atoms with Gasteiger partial charge in [0.05, 0.1) is 10.9 Å². The van der Waals surface area contributed by atoms with Gasteiger partial charge >= 0.3 is 0 Å². The molecule has 0 aliphatic rings. The molecule has 1 amide bonds. The number of benzene rings is 1. The summed E-state index contributed by atoms with van der Waals surface area (Å²) in [5.74, 6) is -0.523. The minimum atomic E-state index is -0.401. The van der Waals surface area contributed by atoms with Crippen LogP contribution in [-0.4, -0.2) is 10.9 Å². The number of hydrogen-bond donors (Lipinski definition) is 2. The Balaban J connectivity index is 2.96. The van der Waals surface area contributed by atoms with E-state index in [1.54, 1.807) is 0 Å². The molecular weight excluding hydrogens is 324 g/mol. The van der Waals surface area contributed by atoms with Crippen molar-refractivity contribution >= 4 is 44.7 Å². The number of nitrogens with one attached hydrogen (secondary N) is 1. The van der Waals surface area contributed by atoms with E-state index in [-0.39, 0.29) is 10.9 Å². The third kappa shape index (κ3) is 4.28. The van der Waals surface area contributed by atoms with Crippen molar-refractivity contribution in [2.24, 2.45) is 11.7 Å². The van der Waals surface area contributed by atoms with Crippen molar-refractivity contribution in [3.8, 4) is 0 Å². The molecule has 1 rings (SSSR count). The molecule has 0 aromatic heterocycles. The first-order valence-electron chi connectivity index (χ1n) is 6.23. The van der Waals surface area contributed by atoms with Crippen LogP contribution in [0.25, 0.3) is 0 Å². The van der Waals surface area contributed by atoms with Gasteiger partial charge in [-0.1, -0.05) is 41.5 Å². The highest BCUT2D eigenvalue weighted by Crippen LogP contribution is 2.26. The van der Waals surface area contributed by atoms with Crippen LogP contribution in [0.1, 0.15) is 30.9 Å². The van der Waals surface area contributed by atoms with Crippen molar-refractivity contribution in [2.45, 2.75) is 33.6 Å². The second kappa shape index (κ2) is 7.01. The molecule has 0 radical (unpaired) electrons. The van der Waals surface area contributed by atoms with E-state index in [1.165, 1.54) is 0 Å². The largest absolute Gasteiger partial charge is 0.393 e. The highest BCUT2D eigenvalue weighted by Gasteiger charge is 2.21. The second-order valence-electron chi connectivity index (χ2n) is 4.65. The molecule has 0 aliphatic heterocycles. The molecule has 1 atom stereocenters. The second-order valence-corrected chi connectivity index (χ2v) is 6.03. The normalized spacial score (nSPS) is 12.0. The van der Waals surface area contributed by atoms with Crippen LogP contribution in [0.2, 0.25) is 0 Å². The van der Waals surface area contributed by atoms with Crippen LogP contribution in [0.15, 0.2) is 16.6 Å². The van der Waals surface area contributed by atoms with Gasteiger partial charge in [-0.3, -0.25) is 4.79 Å². The number of carbonyl (C=O) groups is 1. The van der Waals surface area contributed by atoms with Gasteiger partial charge in [0.15, 0.2) is 0 Å². The number of anilines is 1. The number of hydrogen-bond acceptors (Lipinski definition) is 2. The fraction of sp³-hybridized carbons (Fsp3) is 0.429. The molecular formula is C14H19BrN2OS. The van der Waals surface area contributed by atoms with Gasteiger partial charge in [0.25, 0.3) is 0 Å². The summed E-state index contributed by atoms with van der Waals surface area (Å²) >= 11 is 8.41. The van der Waals surface area contributed by atoms with Gasteiger partial charge in [-0.05, 0) is 43.5 Å². The average molecular weight is 343 g/mol. The number of carbonyl (C=O) groups excluding carboxylic acids is 1. The predicted octanol–water partition coefficient (Wildman–Crippen LogP) is 3.71. The molecule has 1 aromatic rings. The van der Waals surface area contributed by atoms with E-state index in [9.17, 15) is 4.79 Å². The summed E-state index contributed by atoms with van der Waals surface area (Å²) in [5, 5.41) is 2.94. The Kier molecular flexibility index (Phi) is 5.94. The van der Waals surface area contributed by atoms with Crippen molar-refractivity contribution in [1.82, 2.24) is 0 Å². The lowest BCUT2D eigenvalue weighted by Crippen LogP contribution is -2.33. The highest BCUT2D eigenvalue weighted by molar-refractivity contribution is 9.10. The van der Waals surface area contributed by atoms with Crippen molar-refractivity contribution in [1.29, 1.82) is 0 Å². The van der Waals surface area contributed by atoms with Gasteiger partial charge in [-0.2, -0.15) is 0 Å². The quantitative estimate of drug-likeness (QED) is 0.802. The summed E-state index contributed by atoms with van der Waals surface area (Å²) in [5.41, 5.74) is 8.50. The summed E-state index contributed by atoms with van der Waals surface area (Å²) in [4.78, 5) is 12.5. The van der Waals surface area contributed by atoms with Crippen LogP contribution in [0.5, 0.6) is 0 Å². The summed E-state index contributed by atoms with van der Waals surface area (Å²) < 4.78 is 1.000. The van der Waals surface area contributed by atoms with Gasteiger partial charge in [0.1, 0.15) is 0 Å². The molecule has 1 unspecified atom stereocenters. The summed E-state index contributed by atoms with van der Waals surface area (Å²) in [6.45, 7) is 5.93. The summed E-state index contributed by atoms with van der Waals surface area (Å²) in [6, 6.07) is 3.94. The molecule has 104 valence electrons. The zero-order valence-corrected chi connectivity index (χ0v) is 13.8. The van der Waals surface area contributed by atoms with Crippen molar-refractivity contribution in [2.75, 3.05) is 5.32 Å². The molecule has 19 heavy (non-hydrogen) atoms. The highest BCUT2D eigenvalue weighted by atomic mass is 79.9. The molecule has 3 nitrogen and oxygen atoms in total. The maximum absolute atomic E-state index is 12.2. The summed E-state index contributed by atoms with van der Waals surface area (Å²) in [6.07, 6.45) is 1.55. The standard InChI is InChI=1S/C14H19BrN2OS/c1-4-5-11(13(16)19)14(18)17-12-8(2)6-10(15)7-9(12)3/h6-7,11H,4-5H2,1-3H3,(H2,16,19)(H,17,18). The molecule has 0 saturated heterocycles. The van der Waals surface area contributed by atoms with Gasteiger partial charge < -0.3 is 11.1 Å². The Morgan fingerprint density at radius 3 is 2.37 bits per heavy atom. The SMILES string of the molecule is CCCC(C(=O)Nc1c(C)cc(Br)cc1C)C(N)=S. The number of thiocarbonyl (C=S) groups is 1. The Morgan fingerprint density at radius 2 is 1.95 bits per heavy atom. The molecule has 0 aliphatic carbocycles. The Morgan fingerprint density at radius 1 is 1.42 bits per heavy atom. The van der Waals surface area contributed by atoms with E-state index in [4.69, 9.17) is 18.0 Å². The number of halogens is 1. The Bertz CT molecular complexity index is 479. The zero-order chi connectivity index (χ0) is 14.6. The van der Waals surface area contributed by atoms with Gasteiger partial charge in [-0.15, -0.1) is 0 Å². The fourth-order valence-electron chi connectivity index (χ4n) is 2.01. The number of amides is 1. The maximum atomic E-state index is 12.2. The van der Waals surface area contributed by atoms with Crippen molar-refractivity contribution in [3.05, 3.63) is 27.7 Å². The number of nitrogens with two attached hydrogens (primary N) is 1. The lowest BCUT2D eigenvalue weighted by Gasteiger charge is -2.17. The van der Waals surface area contributed by atoms with E-state index < -0.39 is 5.92 Å². The molecule has 0 bridgehead atoms. The molecule has 0 fully saturated rings. The molecule has 1 aromatic carbocycles. The molecule has 0 spiro atoms. The van der Waals surface area contributed by atoms with Crippen LogP contribution in [0.3, 0.4) is 0 Å². The lowest BCUT2D eigenvalue weighted by atomic mass is 10.0. The van der Waals surface area contributed by atoms with Crippen LogP contribution in [0.4, 0.5) is 5.69 Å². The van der Waals surface area contributed by atoms with E-state index in [2.05, 4.69) is 21.2 Å².